The number of halogens is 1. The summed E-state index contributed by atoms with van der Waals surface area (Å²) in [6.07, 6.45) is -0.133. The van der Waals surface area contributed by atoms with Crippen LogP contribution in [0.15, 0.2) is 47.4 Å². The van der Waals surface area contributed by atoms with Gasteiger partial charge < -0.3 is 19.7 Å². The highest BCUT2D eigenvalue weighted by molar-refractivity contribution is 7.92. The predicted octanol–water partition coefficient (Wildman–Crippen LogP) is 3.23. The van der Waals surface area contributed by atoms with Gasteiger partial charge in [0.25, 0.3) is 15.9 Å². The number of amides is 1. The molecule has 0 radical (unpaired) electrons. The molecule has 3 atom stereocenters. The molecule has 2 aromatic carbocycles. The zero-order valence-electron chi connectivity index (χ0n) is 19.2. The number of likely N-dealkylation sites (N-methyl/N-ethyl adjacent to an activating group) is 1. The standard InChI is InChI=1S/C23H30ClN3O5S/c1-15-12-25-16(2)14-32-21-11-18(26-33(29,30)19-7-5-6-17(24)10-19)8-9-20(21)23(28)27(3)13-22(15)31-4/h5-11,15-16,22,25-26H,12-14H2,1-4H3/t15-,16+,22-/m1/s1. The lowest BCUT2D eigenvalue weighted by atomic mass is 10.0. The van der Waals surface area contributed by atoms with Crippen LogP contribution in [0.4, 0.5) is 5.69 Å². The van der Waals surface area contributed by atoms with Crippen molar-refractivity contribution in [2.75, 3.05) is 38.6 Å². The second-order valence-corrected chi connectivity index (χ2v) is 10.5. The van der Waals surface area contributed by atoms with Gasteiger partial charge in [-0.25, -0.2) is 8.42 Å². The van der Waals surface area contributed by atoms with Crippen LogP contribution in [0.25, 0.3) is 0 Å². The molecule has 0 bridgehead atoms. The van der Waals surface area contributed by atoms with E-state index in [0.717, 1.165) is 0 Å². The number of rotatable bonds is 4. The molecule has 3 rings (SSSR count). The van der Waals surface area contributed by atoms with Crippen molar-refractivity contribution in [2.45, 2.75) is 30.9 Å². The zero-order valence-corrected chi connectivity index (χ0v) is 20.7. The average Bonchev–Trinajstić information content (AvgIpc) is 2.78. The number of fused-ring (bicyclic) bond motifs is 1. The Bertz CT molecular complexity index is 1100. The van der Waals surface area contributed by atoms with E-state index in [2.05, 4.69) is 17.0 Å². The van der Waals surface area contributed by atoms with E-state index < -0.39 is 10.0 Å². The molecule has 8 nitrogen and oxygen atoms in total. The molecular formula is C23H30ClN3O5S. The van der Waals surface area contributed by atoms with Crippen molar-refractivity contribution in [3.8, 4) is 5.75 Å². The number of hydrogen-bond donors (Lipinski definition) is 2. The number of ether oxygens (including phenoxy) is 2. The summed E-state index contributed by atoms with van der Waals surface area (Å²) in [4.78, 5) is 14.8. The van der Waals surface area contributed by atoms with Crippen LogP contribution >= 0.6 is 11.6 Å². The summed E-state index contributed by atoms with van der Waals surface area (Å²) in [5, 5.41) is 3.74. The summed E-state index contributed by atoms with van der Waals surface area (Å²) in [7, 11) is -0.515. The van der Waals surface area contributed by atoms with Crippen LogP contribution < -0.4 is 14.8 Å². The average molecular weight is 496 g/mol. The predicted molar refractivity (Wildman–Crippen MR) is 129 cm³/mol. The van der Waals surface area contributed by atoms with Crippen LogP contribution in [0.1, 0.15) is 24.2 Å². The Morgan fingerprint density at radius 1 is 1.21 bits per heavy atom. The first-order chi connectivity index (χ1) is 15.6. The number of benzene rings is 2. The number of nitrogens with one attached hydrogen (secondary N) is 2. The van der Waals surface area contributed by atoms with Crippen LogP contribution in [0.5, 0.6) is 5.75 Å². The van der Waals surface area contributed by atoms with Gasteiger partial charge in [0.2, 0.25) is 0 Å². The van der Waals surface area contributed by atoms with Crippen LogP contribution in [0.3, 0.4) is 0 Å². The minimum Gasteiger partial charge on any atom is -0.491 e. The Morgan fingerprint density at radius 2 is 1.97 bits per heavy atom. The number of nitrogens with zero attached hydrogens (tertiary/aromatic N) is 1. The Balaban J connectivity index is 1.92. The van der Waals surface area contributed by atoms with Crippen LogP contribution in [-0.2, 0) is 14.8 Å². The Morgan fingerprint density at radius 3 is 2.67 bits per heavy atom. The van der Waals surface area contributed by atoms with Crippen LogP contribution in [0.2, 0.25) is 5.02 Å². The summed E-state index contributed by atoms with van der Waals surface area (Å²) in [6.45, 7) is 5.48. The van der Waals surface area contributed by atoms with E-state index in [1.807, 2.05) is 6.92 Å². The van der Waals surface area contributed by atoms with Crippen LogP contribution in [-0.4, -0.2) is 65.2 Å². The summed E-state index contributed by atoms with van der Waals surface area (Å²) in [5.74, 6) is 0.258. The molecule has 0 aromatic heterocycles. The van der Waals surface area contributed by atoms with E-state index >= 15 is 0 Å². The quantitative estimate of drug-likeness (QED) is 0.676. The summed E-state index contributed by atoms with van der Waals surface area (Å²) in [5.41, 5.74) is 0.624. The maximum absolute atomic E-state index is 13.2. The largest absolute Gasteiger partial charge is 0.491 e. The normalized spacial score (nSPS) is 22.5. The van der Waals surface area contributed by atoms with Crippen molar-refractivity contribution in [3.05, 3.63) is 53.1 Å². The van der Waals surface area contributed by atoms with Crippen LogP contribution in [0, 0.1) is 5.92 Å². The van der Waals surface area contributed by atoms with Crippen molar-refractivity contribution in [2.24, 2.45) is 5.92 Å². The highest BCUT2D eigenvalue weighted by Crippen LogP contribution is 2.28. The molecule has 0 fully saturated rings. The van der Waals surface area contributed by atoms with Gasteiger partial charge in [0.1, 0.15) is 12.4 Å². The molecule has 33 heavy (non-hydrogen) atoms. The molecule has 1 aliphatic heterocycles. The third kappa shape index (κ3) is 6.38. The first kappa shape index (κ1) is 25.3. The lowest BCUT2D eigenvalue weighted by molar-refractivity contribution is 0.0281. The van der Waals surface area contributed by atoms with E-state index in [9.17, 15) is 13.2 Å². The second-order valence-electron chi connectivity index (χ2n) is 8.33. The number of methoxy groups -OCH3 is 1. The zero-order chi connectivity index (χ0) is 24.2. The molecule has 0 unspecified atom stereocenters. The van der Waals surface area contributed by atoms with Crippen molar-refractivity contribution in [1.29, 1.82) is 0 Å². The number of carbonyl (C=O) groups is 1. The first-order valence-corrected chi connectivity index (χ1v) is 12.5. The Kier molecular flexibility index (Phi) is 8.23. The number of carbonyl (C=O) groups excluding carboxylic acids is 1. The molecule has 0 saturated heterocycles. The first-order valence-electron chi connectivity index (χ1n) is 10.7. The fourth-order valence-electron chi connectivity index (χ4n) is 3.57. The molecule has 10 heteroatoms. The molecule has 2 N–H and O–H groups in total. The lowest BCUT2D eigenvalue weighted by Gasteiger charge is -2.30. The van der Waals surface area contributed by atoms with Crippen molar-refractivity contribution < 1.29 is 22.7 Å². The topological polar surface area (TPSA) is 97.0 Å². The maximum Gasteiger partial charge on any atom is 0.261 e. The molecular weight excluding hydrogens is 466 g/mol. The van der Waals surface area contributed by atoms with Gasteiger partial charge in [-0.1, -0.05) is 24.6 Å². The Labute approximate surface area is 200 Å². The molecule has 0 spiro atoms. The van der Waals surface area contributed by atoms with Crippen molar-refractivity contribution in [1.82, 2.24) is 10.2 Å². The maximum atomic E-state index is 13.2. The number of sulfonamides is 1. The molecule has 1 heterocycles. The molecule has 2 aromatic rings. The third-order valence-corrected chi connectivity index (χ3v) is 7.20. The molecule has 180 valence electrons. The van der Waals surface area contributed by atoms with E-state index in [-0.39, 0.29) is 34.6 Å². The molecule has 0 aliphatic carbocycles. The third-order valence-electron chi connectivity index (χ3n) is 5.59. The summed E-state index contributed by atoms with van der Waals surface area (Å²) >= 11 is 5.94. The second kappa shape index (κ2) is 10.7. The van der Waals surface area contributed by atoms with Gasteiger partial charge in [0.15, 0.2) is 0 Å². The van der Waals surface area contributed by atoms with Crippen molar-refractivity contribution in [3.63, 3.8) is 0 Å². The minimum absolute atomic E-state index is 0.0110. The van der Waals surface area contributed by atoms with Gasteiger partial charge in [-0.3, -0.25) is 9.52 Å². The van der Waals surface area contributed by atoms with E-state index in [1.165, 1.54) is 18.2 Å². The minimum atomic E-state index is -3.87. The van der Waals surface area contributed by atoms with Gasteiger partial charge in [0, 0.05) is 44.4 Å². The monoisotopic (exact) mass is 495 g/mol. The van der Waals surface area contributed by atoms with E-state index in [1.54, 1.807) is 43.3 Å². The van der Waals surface area contributed by atoms with Gasteiger partial charge in [-0.15, -0.1) is 0 Å². The van der Waals surface area contributed by atoms with E-state index in [0.29, 0.717) is 36.0 Å². The highest BCUT2D eigenvalue weighted by Gasteiger charge is 2.26. The van der Waals surface area contributed by atoms with E-state index in [4.69, 9.17) is 21.1 Å². The highest BCUT2D eigenvalue weighted by atomic mass is 35.5. The molecule has 0 saturated carbocycles. The summed E-state index contributed by atoms with van der Waals surface area (Å²) in [6, 6.07) is 10.6. The lowest BCUT2D eigenvalue weighted by Crippen LogP contribution is -2.44. The fourth-order valence-corrected chi connectivity index (χ4v) is 4.92. The fraction of sp³-hybridized carbons (Fsp3) is 0.435. The summed E-state index contributed by atoms with van der Waals surface area (Å²) < 4.78 is 39.7. The Hall–Kier alpha value is -2.33. The number of anilines is 1. The molecule has 1 aliphatic rings. The van der Waals surface area contributed by atoms with Gasteiger partial charge >= 0.3 is 0 Å². The molecule has 1 amide bonds. The van der Waals surface area contributed by atoms with Gasteiger partial charge in [-0.2, -0.15) is 0 Å². The number of hydrogen-bond acceptors (Lipinski definition) is 6. The van der Waals surface area contributed by atoms with Gasteiger partial charge in [0.05, 0.1) is 22.3 Å². The van der Waals surface area contributed by atoms with Gasteiger partial charge in [-0.05, 0) is 43.2 Å². The van der Waals surface area contributed by atoms with Crippen molar-refractivity contribution >= 4 is 33.2 Å². The smallest absolute Gasteiger partial charge is 0.261 e. The SMILES string of the molecule is CO[C@@H]1CN(C)C(=O)c2ccc(NS(=O)(=O)c3cccc(Cl)c3)cc2OC[C@H](C)NC[C@H]1C.